The Kier molecular flexibility index (Phi) is 9.74. The average Bonchev–Trinajstić information content (AvgIpc) is 2.77. The zero-order chi connectivity index (χ0) is 25.3. The van der Waals surface area contributed by atoms with Crippen LogP contribution < -0.4 is 19.7 Å². The molecule has 0 atom stereocenters. The molecule has 0 spiro atoms. The maximum atomic E-state index is 12.5. The van der Waals surface area contributed by atoms with Crippen LogP contribution in [-0.2, 0) is 4.84 Å². The first-order chi connectivity index (χ1) is 16.1. The van der Waals surface area contributed by atoms with Gasteiger partial charge in [-0.1, -0.05) is 20.8 Å². The van der Waals surface area contributed by atoms with Crippen molar-refractivity contribution < 1.29 is 33.7 Å². The second-order valence-electron chi connectivity index (χ2n) is 9.15. The Balaban J connectivity index is 1.87. The molecule has 34 heavy (non-hydrogen) atoms. The fourth-order valence-electron chi connectivity index (χ4n) is 3.29. The maximum absolute atomic E-state index is 12.5. The lowest BCUT2D eigenvalue weighted by atomic mass is 9.87. The molecule has 2 aromatic rings. The molecule has 0 aromatic heterocycles. The lowest BCUT2D eigenvalue weighted by molar-refractivity contribution is 0.0537. The fourth-order valence-corrected chi connectivity index (χ4v) is 3.29. The number of amides is 1. The van der Waals surface area contributed by atoms with Crippen molar-refractivity contribution in [1.82, 2.24) is 5.48 Å². The number of nitrogens with one attached hydrogen (secondary N) is 1. The van der Waals surface area contributed by atoms with E-state index in [2.05, 4.69) is 10.3 Å². The fraction of sp³-hybridized carbons (Fsp3) is 0.462. The molecule has 0 unspecified atom stereocenters. The number of ketones is 1. The van der Waals surface area contributed by atoms with Crippen LogP contribution in [0.5, 0.6) is 23.0 Å². The Morgan fingerprint density at radius 1 is 0.941 bits per heavy atom. The number of carbonyl (C=O) groups excluding carboxylic acids is 2. The lowest BCUT2D eigenvalue weighted by Gasteiger charge is -2.18. The molecule has 0 saturated heterocycles. The van der Waals surface area contributed by atoms with Crippen LogP contribution in [0.2, 0.25) is 0 Å². The van der Waals surface area contributed by atoms with E-state index in [0.717, 1.165) is 0 Å². The van der Waals surface area contributed by atoms with Crippen LogP contribution in [0.25, 0.3) is 0 Å². The van der Waals surface area contributed by atoms with Crippen molar-refractivity contribution in [2.75, 3.05) is 27.4 Å². The summed E-state index contributed by atoms with van der Waals surface area (Å²) in [6.07, 6.45) is 1.76. The van der Waals surface area contributed by atoms with Crippen molar-refractivity contribution in [3.63, 3.8) is 0 Å². The molecule has 0 aliphatic heterocycles. The van der Waals surface area contributed by atoms with Gasteiger partial charge in [0.2, 0.25) is 0 Å². The number of hydroxylamine groups is 1. The zero-order valence-corrected chi connectivity index (χ0v) is 20.8. The van der Waals surface area contributed by atoms with Crippen LogP contribution in [0, 0.1) is 12.3 Å². The standard InChI is InChI=1S/C26H35NO7/c1-17-21(12-10-19(24(17)29)20(28)16-26(2,3)4)33-13-7-8-14-34-23-15-18(25(30)27-32-6)9-11-22(23)31-5/h9-12,15,29H,7-8,13-14,16H2,1-6H3,(H,27,30). The Labute approximate surface area is 201 Å². The first-order valence-electron chi connectivity index (χ1n) is 11.2. The van der Waals surface area contributed by atoms with E-state index in [4.69, 9.17) is 14.2 Å². The van der Waals surface area contributed by atoms with Gasteiger partial charge in [0.15, 0.2) is 17.3 Å². The summed E-state index contributed by atoms with van der Waals surface area (Å²) in [6.45, 7) is 8.52. The van der Waals surface area contributed by atoms with Gasteiger partial charge in [0.25, 0.3) is 5.91 Å². The van der Waals surface area contributed by atoms with Crippen LogP contribution in [0.15, 0.2) is 30.3 Å². The van der Waals surface area contributed by atoms with E-state index in [1.807, 2.05) is 20.8 Å². The molecule has 2 rings (SSSR count). The summed E-state index contributed by atoms with van der Waals surface area (Å²) in [5.41, 5.74) is 3.37. The summed E-state index contributed by atoms with van der Waals surface area (Å²) < 4.78 is 16.9. The van der Waals surface area contributed by atoms with Crippen LogP contribution >= 0.6 is 0 Å². The number of phenolic OH excluding ortho intramolecular Hbond substituents is 1. The largest absolute Gasteiger partial charge is 0.507 e. The second-order valence-corrected chi connectivity index (χ2v) is 9.15. The quantitative estimate of drug-likeness (QED) is 0.258. The van der Waals surface area contributed by atoms with Gasteiger partial charge in [-0.25, -0.2) is 5.48 Å². The highest BCUT2D eigenvalue weighted by Crippen LogP contribution is 2.33. The van der Waals surface area contributed by atoms with E-state index in [-0.39, 0.29) is 22.9 Å². The minimum Gasteiger partial charge on any atom is -0.507 e. The van der Waals surface area contributed by atoms with Crippen LogP contribution in [-0.4, -0.2) is 44.2 Å². The third-order valence-electron chi connectivity index (χ3n) is 5.05. The Bertz CT molecular complexity index is 995. The van der Waals surface area contributed by atoms with E-state index < -0.39 is 0 Å². The number of unbranched alkanes of at least 4 members (excludes halogenated alkanes) is 1. The maximum Gasteiger partial charge on any atom is 0.274 e. The highest BCUT2D eigenvalue weighted by molar-refractivity contribution is 5.99. The van der Waals surface area contributed by atoms with Gasteiger partial charge in [-0.2, -0.15) is 0 Å². The predicted octanol–water partition coefficient (Wildman–Crippen LogP) is 4.86. The number of benzene rings is 2. The summed E-state index contributed by atoms with van der Waals surface area (Å²) in [5.74, 6) is 1.04. The Morgan fingerprint density at radius 3 is 2.15 bits per heavy atom. The van der Waals surface area contributed by atoms with Gasteiger partial charge in [-0.15, -0.1) is 0 Å². The van der Waals surface area contributed by atoms with Crippen molar-refractivity contribution in [2.24, 2.45) is 5.41 Å². The summed E-state index contributed by atoms with van der Waals surface area (Å²) in [4.78, 5) is 29.1. The molecule has 1 amide bonds. The van der Waals surface area contributed by atoms with Gasteiger partial charge in [-0.05, 0) is 55.5 Å². The summed E-state index contributed by atoms with van der Waals surface area (Å²) in [5, 5.41) is 10.5. The Hall–Kier alpha value is -3.26. The van der Waals surface area contributed by atoms with Crippen LogP contribution in [0.3, 0.4) is 0 Å². The van der Waals surface area contributed by atoms with E-state index >= 15 is 0 Å². The third kappa shape index (κ3) is 7.66. The Morgan fingerprint density at radius 2 is 1.56 bits per heavy atom. The SMILES string of the molecule is CONC(=O)c1ccc(OC)c(OCCCCOc2ccc(C(=O)CC(C)(C)C)c(O)c2C)c1. The molecule has 0 bridgehead atoms. The van der Waals surface area contributed by atoms with E-state index in [1.54, 1.807) is 37.3 Å². The van der Waals surface area contributed by atoms with E-state index in [9.17, 15) is 14.7 Å². The number of phenols is 1. The van der Waals surface area contributed by atoms with E-state index in [0.29, 0.717) is 66.4 Å². The monoisotopic (exact) mass is 473 g/mol. The molecule has 2 N–H and O–H groups in total. The van der Waals surface area contributed by atoms with Crippen LogP contribution in [0.1, 0.15) is 66.3 Å². The van der Waals surface area contributed by atoms with Crippen molar-refractivity contribution in [1.29, 1.82) is 0 Å². The number of hydrogen-bond donors (Lipinski definition) is 2. The normalized spacial score (nSPS) is 11.1. The molecule has 0 saturated carbocycles. The lowest BCUT2D eigenvalue weighted by Crippen LogP contribution is -2.21. The molecule has 2 aromatic carbocycles. The minimum atomic E-state index is -0.381. The van der Waals surface area contributed by atoms with Crippen molar-refractivity contribution in [3.05, 3.63) is 47.0 Å². The highest BCUT2D eigenvalue weighted by atomic mass is 16.6. The number of ether oxygens (including phenoxy) is 3. The number of methoxy groups -OCH3 is 1. The molecule has 0 aliphatic carbocycles. The van der Waals surface area contributed by atoms with Crippen molar-refractivity contribution in [3.8, 4) is 23.0 Å². The summed E-state index contributed by atoms with van der Waals surface area (Å²) in [7, 11) is 2.90. The van der Waals surface area contributed by atoms with Crippen molar-refractivity contribution >= 4 is 11.7 Å². The smallest absolute Gasteiger partial charge is 0.274 e. The molecular weight excluding hydrogens is 438 g/mol. The highest BCUT2D eigenvalue weighted by Gasteiger charge is 2.21. The first kappa shape index (κ1) is 27.0. The van der Waals surface area contributed by atoms with Crippen LogP contribution in [0.4, 0.5) is 0 Å². The molecule has 0 radical (unpaired) electrons. The molecule has 0 heterocycles. The number of rotatable bonds is 12. The molecule has 0 fully saturated rings. The molecule has 0 aliphatic rings. The number of aromatic hydroxyl groups is 1. The van der Waals surface area contributed by atoms with Gasteiger partial charge in [-0.3, -0.25) is 14.4 Å². The zero-order valence-electron chi connectivity index (χ0n) is 20.8. The summed E-state index contributed by atoms with van der Waals surface area (Å²) >= 11 is 0. The summed E-state index contributed by atoms with van der Waals surface area (Å²) in [6, 6.07) is 8.22. The van der Waals surface area contributed by atoms with Gasteiger partial charge in [0.1, 0.15) is 11.5 Å². The molecule has 8 heteroatoms. The van der Waals surface area contributed by atoms with Gasteiger partial charge in [0.05, 0.1) is 33.0 Å². The topological polar surface area (TPSA) is 103 Å². The predicted molar refractivity (Wildman–Crippen MR) is 129 cm³/mol. The molecule has 8 nitrogen and oxygen atoms in total. The van der Waals surface area contributed by atoms with Gasteiger partial charge >= 0.3 is 0 Å². The first-order valence-corrected chi connectivity index (χ1v) is 11.2. The van der Waals surface area contributed by atoms with Gasteiger partial charge in [0, 0.05) is 17.5 Å². The minimum absolute atomic E-state index is 0.0282. The number of Topliss-reactive ketones (excluding diaryl/α,β-unsaturated/α-hetero) is 1. The number of hydrogen-bond acceptors (Lipinski definition) is 7. The molecule has 186 valence electrons. The molecular formula is C26H35NO7. The number of carbonyl (C=O) groups is 2. The second kappa shape index (κ2) is 12.3. The van der Waals surface area contributed by atoms with E-state index in [1.165, 1.54) is 14.2 Å². The van der Waals surface area contributed by atoms with Crippen molar-refractivity contribution in [2.45, 2.75) is 47.0 Å². The van der Waals surface area contributed by atoms with Gasteiger partial charge < -0.3 is 19.3 Å². The third-order valence-corrected chi connectivity index (χ3v) is 5.05. The average molecular weight is 474 g/mol.